The van der Waals surface area contributed by atoms with E-state index in [1.54, 1.807) is 0 Å². The summed E-state index contributed by atoms with van der Waals surface area (Å²) in [5.74, 6) is -0.578. The molecule has 0 saturated heterocycles. The third kappa shape index (κ3) is 6.47. The molecule has 2 amide bonds. The zero-order chi connectivity index (χ0) is 26.9. The number of ether oxygens (including phenoxy) is 2. The summed E-state index contributed by atoms with van der Waals surface area (Å²) in [5, 5.41) is 5.89. The quantitative estimate of drug-likeness (QED) is 0.478. The topological polar surface area (TPSA) is 76.7 Å². The number of carbonyl (C=O) groups excluding carboxylic acids is 2. The fourth-order valence-corrected chi connectivity index (χ4v) is 4.99. The number of alkyl halides is 6. The Labute approximate surface area is 208 Å². The van der Waals surface area contributed by atoms with Gasteiger partial charge >= 0.3 is 12.4 Å². The number of halogens is 6. The van der Waals surface area contributed by atoms with Crippen LogP contribution in [0.25, 0.3) is 0 Å². The van der Waals surface area contributed by atoms with Crippen LogP contribution in [-0.4, -0.2) is 36.1 Å². The minimum absolute atomic E-state index is 0.133. The third-order valence-electron chi connectivity index (χ3n) is 6.75. The molecule has 0 atom stereocenters. The summed E-state index contributed by atoms with van der Waals surface area (Å²) in [4.78, 5) is 24.9. The largest absolute Gasteiger partial charge is 0.484 e. The molecule has 2 aliphatic carbocycles. The first kappa shape index (κ1) is 26.6. The molecule has 2 aromatic carbocycles. The van der Waals surface area contributed by atoms with Crippen LogP contribution in [0.2, 0.25) is 0 Å². The molecule has 2 fully saturated rings. The van der Waals surface area contributed by atoms with Crippen LogP contribution >= 0.6 is 0 Å². The minimum Gasteiger partial charge on any atom is -0.484 e. The molecule has 0 aromatic heterocycles. The SMILES string of the molecule is O=C(COc1ccc(C(F)(F)F)cc1)NC12CCC(NC(=O)COc3ccc(C(F)(F)F)cc3)(CC1)C2. The average Bonchev–Trinajstić information content (AvgIpc) is 3.36. The highest BCUT2D eigenvalue weighted by Gasteiger charge is 2.55. The van der Waals surface area contributed by atoms with Crippen LogP contribution in [0.5, 0.6) is 11.5 Å². The molecule has 2 saturated carbocycles. The van der Waals surface area contributed by atoms with Crippen LogP contribution in [0.4, 0.5) is 26.3 Å². The van der Waals surface area contributed by atoms with E-state index in [1.807, 2.05) is 0 Å². The summed E-state index contributed by atoms with van der Waals surface area (Å²) in [6, 6.07) is 8.08. The van der Waals surface area contributed by atoms with E-state index < -0.39 is 46.4 Å². The maximum absolute atomic E-state index is 12.7. The van der Waals surface area contributed by atoms with E-state index >= 15 is 0 Å². The Morgan fingerprint density at radius 1 is 0.649 bits per heavy atom. The number of rotatable bonds is 8. The highest BCUT2D eigenvalue weighted by molar-refractivity contribution is 5.80. The van der Waals surface area contributed by atoms with Gasteiger partial charge in [-0.1, -0.05) is 0 Å². The van der Waals surface area contributed by atoms with Gasteiger partial charge in [-0.15, -0.1) is 0 Å². The van der Waals surface area contributed by atoms with Crippen LogP contribution < -0.4 is 20.1 Å². The van der Waals surface area contributed by atoms with Gasteiger partial charge < -0.3 is 20.1 Å². The molecule has 12 heteroatoms. The molecule has 2 aliphatic rings. The first-order chi connectivity index (χ1) is 17.3. The lowest BCUT2D eigenvalue weighted by atomic mass is 9.91. The van der Waals surface area contributed by atoms with Gasteiger partial charge in [-0.25, -0.2) is 0 Å². The molecule has 2 N–H and O–H groups in total. The molecule has 0 spiro atoms. The summed E-state index contributed by atoms with van der Waals surface area (Å²) in [7, 11) is 0. The number of benzene rings is 2. The van der Waals surface area contributed by atoms with Crippen molar-refractivity contribution in [2.24, 2.45) is 0 Å². The molecule has 0 aliphatic heterocycles. The van der Waals surface area contributed by atoms with Crippen LogP contribution in [0, 0.1) is 0 Å². The second kappa shape index (κ2) is 9.79. The Morgan fingerprint density at radius 2 is 0.973 bits per heavy atom. The average molecular weight is 530 g/mol. The Hall–Kier alpha value is -3.44. The van der Waals surface area contributed by atoms with Crippen molar-refractivity contribution >= 4 is 11.8 Å². The van der Waals surface area contributed by atoms with E-state index in [4.69, 9.17) is 9.47 Å². The van der Waals surface area contributed by atoms with Crippen LogP contribution in [-0.2, 0) is 21.9 Å². The summed E-state index contributed by atoms with van der Waals surface area (Å²) >= 11 is 0. The molecule has 37 heavy (non-hydrogen) atoms. The van der Waals surface area contributed by atoms with Crippen molar-refractivity contribution < 1.29 is 45.4 Å². The molecule has 2 aromatic rings. The lowest BCUT2D eigenvalue weighted by Crippen LogP contribution is -2.48. The normalized spacial score (nSPS) is 23.0. The molecule has 4 rings (SSSR count). The van der Waals surface area contributed by atoms with Gasteiger partial charge in [-0.2, -0.15) is 26.3 Å². The van der Waals surface area contributed by atoms with Gasteiger partial charge in [0.15, 0.2) is 13.2 Å². The second-order valence-corrected chi connectivity index (χ2v) is 9.46. The number of amides is 2. The number of fused-ring (bicyclic) bond motifs is 2. The Bertz CT molecular complexity index is 1030. The highest BCUT2D eigenvalue weighted by Crippen LogP contribution is 2.50. The first-order valence-electron chi connectivity index (χ1n) is 11.5. The predicted octanol–water partition coefficient (Wildman–Crippen LogP) is 4.87. The zero-order valence-corrected chi connectivity index (χ0v) is 19.5. The van der Waals surface area contributed by atoms with Crippen molar-refractivity contribution in [3.05, 3.63) is 59.7 Å². The number of hydrogen-bond donors (Lipinski definition) is 2. The molecular weight excluding hydrogens is 506 g/mol. The van der Waals surface area contributed by atoms with Gasteiger partial charge in [0, 0.05) is 11.1 Å². The van der Waals surface area contributed by atoms with Crippen molar-refractivity contribution in [2.75, 3.05) is 13.2 Å². The van der Waals surface area contributed by atoms with Crippen molar-refractivity contribution in [1.29, 1.82) is 0 Å². The van der Waals surface area contributed by atoms with Crippen LogP contribution in [0.3, 0.4) is 0 Å². The number of carbonyl (C=O) groups is 2. The molecule has 0 heterocycles. The van der Waals surface area contributed by atoms with Crippen molar-refractivity contribution in [3.63, 3.8) is 0 Å². The van der Waals surface area contributed by atoms with Crippen molar-refractivity contribution in [2.45, 2.75) is 55.5 Å². The monoisotopic (exact) mass is 530 g/mol. The van der Waals surface area contributed by atoms with Gasteiger partial charge in [-0.05, 0) is 80.6 Å². The third-order valence-corrected chi connectivity index (χ3v) is 6.75. The van der Waals surface area contributed by atoms with Gasteiger partial charge in [-0.3, -0.25) is 9.59 Å². The molecule has 0 unspecified atom stereocenters. The van der Waals surface area contributed by atoms with E-state index in [0.29, 0.717) is 32.1 Å². The van der Waals surface area contributed by atoms with Gasteiger partial charge in [0.2, 0.25) is 0 Å². The second-order valence-electron chi connectivity index (χ2n) is 9.46. The summed E-state index contributed by atoms with van der Waals surface area (Å²) in [5.41, 5.74) is -2.68. The predicted molar refractivity (Wildman–Crippen MR) is 119 cm³/mol. The van der Waals surface area contributed by atoms with E-state index in [1.165, 1.54) is 0 Å². The van der Waals surface area contributed by atoms with E-state index in [-0.39, 0.29) is 24.7 Å². The molecule has 200 valence electrons. The Balaban J connectivity index is 1.23. The molecular formula is C25H24F6N2O4. The molecule has 0 radical (unpaired) electrons. The fourth-order valence-electron chi connectivity index (χ4n) is 4.99. The summed E-state index contributed by atoms with van der Waals surface area (Å²) < 4.78 is 86.5. The lowest BCUT2D eigenvalue weighted by molar-refractivity contribution is -0.138. The van der Waals surface area contributed by atoms with Gasteiger partial charge in [0.25, 0.3) is 11.8 Å². The van der Waals surface area contributed by atoms with E-state index in [0.717, 1.165) is 48.5 Å². The highest BCUT2D eigenvalue weighted by atomic mass is 19.4. The lowest BCUT2D eigenvalue weighted by Gasteiger charge is -2.29. The first-order valence-corrected chi connectivity index (χ1v) is 11.5. The summed E-state index contributed by atoms with van der Waals surface area (Å²) in [6.07, 6.45) is -5.93. The van der Waals surface area contributed by atoms with Crippen molar-refractivity contribution in [3.8, 4) is 11.5 Å². The minimum atomic E-state index is -4.46. The van der Waals surface area contributed by atoms with Gasteiger partial charge in [0.05, 0.1) is 11.1 Å². The number of nitrogens with one attached hydrogen (secondary N) is 2. The zero-order valence-electron chi connectivity index (χ0n) is 19.5. The summed E-state index contributed by atoms with van der Waals surface area (Å²) in [6.45, 7) is -0.735. The van der Waals surface area contributed by atoms with Crippen LogP contribution in [0.1, 0.15) is 43.2 Å². The smallest absolute Gasteiger partial charge is 0.416 e. The van der Waals surface area contributed by atoms with E-state index in [2.05, 4.69) is 10.6 Å². The van der Waals surface area contributed by atoms with Crippen molar-refractivity contribution in [1.82, 2.24) is 10.6 Å². The Morgan fingerprint density at radius 3 is 1.27 bits per heavy atom. The Kier molecular flexibility index (Phi) is 7.04. The molecule has 2 bridgehead atoms. The molecule has 6 nitrogen and oxygen atoms in total. The van der Waals surface area contributed by atoms with E-state index in [9.17, 15) is 35.9 Å². The maximum atomic E-state index is 12.7. The van der Waals surface area contributed by atoms with Crippen LogP contribution in [0.15, 0.2) is 48.5 Å². The maximum Gasteiger partial charge on any atom is 0.416 e. The standard InChI is InChI=1S/C25H24F6N2O4/c26-24(27,28)16-1-5-18(6-2-16)36-13-20(34)32-22-9-11-23(15-22,12-10-22)33-21(35)14-37-19-7-3-17(4-8-19)25(29,30)31/h1-8H,9-15H2,(H,32,34)(H,33,35). The fraction of sp³-hybridized carbons (Fsp3) is 0.440. The van der Waals surface area contributed by atoms with Gasteiger partial charge in [0.1, 0.15) is 11.5 Å². The number of hydrogen-bond acceptors (Lipinski definition) is 4.